The van der Waals surface area contributed by atoms with Crippen molar-refractivity contribution in [2.24, 2.45) is 10.1 Å². The summed E-state index contributed by atoms with van der Waals surface area (Å²) in [7, 11) is 4.63. The minimum atomic E-state index is 0.341. The summed E-state index contributed by atoms with van der Waals surface area (Å²) in [5.74, 6) is 0.341. The second-order valence-corrected chi connectivity index (χ2v) is 3.52. The molecule has 1 aromatic rings. The van der Waals surface area contributed by atoms with Gasteiger partial charge in [-0.2, -0.15) is 5.26 Å². The fourth-order valence-electron chi connectivity index (χ4n) is 1.62. The first kappa shape index (κ1) is 14.7. The Hall–Kier alpha value is -2.39. The van der Waals surface area contributed by atoms with E-state index in [0.29, 0.717) is 18.2 Å². The zero-order valence-corrected chi connectivity index (χ0v) is 11.2. The third-order valence-electron chi connectivity index (χ3n) is 2.38. The Kier molecular flexibility index (Phi) is 6.06. The van der Waals surface area contributed by atoms with Gasteiger partial charge in [-0.25, -0.2) is 0 Å². The van der Waals surface area contributed by atoms with Crippen LogP contribution in [0.2, 0.25) is 0 Å². The first-order valence-corrected chi connectivity index (χ1v) is 5.59. The van der Waals surface area contributed by atoms with Crippen molar-refractivity contribution in [3.63, 3.8) is 0 Å². The molecule has 0 saturated carbocycles. The third kappa shape index (κ3) is 3.79. The van der Waals surface area contributed by atoms with E-state index in [2.05, 4.69) is 15.5 Å². The summed E-state index contributed by atoms with van der Waals surface area (Å²) in [6, 6.07) is 7.57. The molecule has 0 spiro atoms. The molecule has 0 aliphatic heterocycles. The Morgan fingerprint density at radius 1 is 1.37 bits per heavy atom. The smallest absolute Gasteiger partial charge is 0.182 e. The van der Waals surface area contributed by atoms with Crippen LogP contribution in [0, 0.1) is 11.5 Å². The molecular weight excluding hydrogens is 244 g/mol. The molecule has 19 heavy (non-hydrogen) atoms. The van der Waals surface area contributed by atoms with Gasteiger partial charge in [-0.15, -0.1) is 0 Å². The number of oxime groups is 1. The summed E-state index contributed by atoms with van der Waals surface area (Å²) in [5, 5.41) is 15.2. The summed E-state index contributed by atoms with van der Waals surface area (Å²) in [4.78, 5) is 8.84. The van der Waals surface area contributed by atoms with Gasteiger partial charge in [0.2, 0.25) is 0 Å². The number of methoxy groups -OCH3 is 1. The molecule has 0 atom stereocenters. The van der Waals surface area contributed by atoms with Crippen LogP contribution in [-0.4, -0.2) is 32.8 Å². The molecule has 0 saturated heterocycles. The van der Waals surface area contributed by atoms with Gasteiger partial charge < -0.3 is 9.57 Å². The fourth-order valence-corrected chi connectivity index (χ4v) is 1.62. The lowest BCUT2D eigenvalue weighted by Crippen LogP contribution is -2.29. The Morgan fingerprint density at radius 3 is 2.68 bits per heavy atom. The number of nitrogens with zero attached hydrogens (tertiary/aromatic N) is 3. The van der Waals surface area contributed by atoms with Crippen molar-refractivity contribution in [1.29, 1.82) is 5.26 Å². The number of rotatable bonds is 5. The quantitative estimate of drug-likeness (QED) is 0.284. The lowest BCUT2D eigenvalue weighted by Gasteiger charge is -2.11. The lowest BCUT2D eigenvalue weighted by atomic mass is 10.0. The fraction of sp³-hybridized carbons (Fsp3) is 0.308. The summed E-state index contributed by atoms with van der Waals surface area (Å²) in [6.45, 7) is 0.433. The molecule has 0 unspecified atom stereocenters. The molecule has 0 fully saturated rings. The molecule has 0 aliphatic carbocycles. The molecule has 6 heteroatoms. The maximum atomic E-state index is 8.74. The highest BCUT2D eigenvalue weighted by Crippen LogP contribution is 2.12. The second kappa shape index (κ2) is 7.84. The third-order valence-corrected chi connectivity index (χ3v) is 2.38. The average Bonchev–Trinajstić information content (AvgIpc) is 2.44. The highest BCUT2D eigenvalue weighted by molar-refractivity contribution is 6.48. The van der Waals surface area contributed by atoms with Gasteiger partial charge >= 0.3 is 0 Å². The highest BCUT2D eigenvalue weighted by Gasteiger charge is 2.15. The van der Waals surface area contributed by atoms with Crippen LogP contribution in [0.4, 0.5) is 0 Å². The van der Waals surface area contributed by atoms with Gasteiger partial charge in [-0.05, 0) is 5.56 Å². The molecular formula is C13H16N4O2. The molecule has 100 valence electrons. The van der Waals surface area contributed by atoms with Gasteiger partial charge in [0.1, 0.15) is 7.11 Å². The SMILES string of the molecule is CN=C(NC#N)/C(=N/OC)c1ccccc1COC. The minimum absolute atomic E-state index is 0.341. The van der Waals surface area contributed by atoms with Crippen LogP contribution in [0.1, 0.15) is 11.1 Å². The maximum absolute atomic E-state index is 8.74. The standard InChI is InChI=1S/C13H16N4O2/c1-15-13(16-9-14)12(17-19-3)11-7-5-4-6-10(11)8-18-2/h4-7H,8H2,1-3H3,(H,15,16)/b17-12+. The van der Waals surface area contributed by atoms with Gasteiger partial charge in [-0.1, -0.05) is 29.4 Å². The first-order chi connectivity index (χ1) is 9.28. The van der Waals surface area contributed by atoms with Crippen molar-refractivity contribution in [1.82, 2.24) is 5.32 Å². The van der Waals surface area contributed by atoms with Crippen LogP contribution in [0.15, 0.2) is 34.4 Å². The molecule has 0 amide bonds. The molecule has 6 nitrogen and oxygen atoms in total. The largest absolute Gasteiger partial charge is 0.399 e. The predicted molar refractivity (Wildman–Crippen MR) is 72.8 cm³/mol. The van der Waals surface area contributed by atoms with Crippen LogP contribution < -0.4 is 5.32 Å². The van der Waals surface area contributed by atoms with Crippen LogP contribution in [0.25, 0.3) is 0 Å². The van der Waals surface area contributed by atoms with Gasteiger partial charge in [0.25, 0.3) is 0 Å². The topological polar surface area (TPSA) is 79.0 Å². The van der Waals surface area contributed by atoms with E-state index in [1.807, 2.05) is 30.5 Å². The van der Waals surface area contributed by atoms with Crippen molar-refractivity contribution in [3.05, 3.63) is 35.4 Å². The Labute approximate surface area is 112 Å². The zero-order valence-electron chi connectivity index (χ0n) is 11.2. The molecule has 0 aromatic heterocycles. The van der Waals surface area contributed by atoms with E-state index in [1.54, 1.807) is 14.2 Å². The first-order valence-electron chi connectivity index (χ1n) is 5.59. The number of nitrogens with one attached hydrogen (secondary N) is 1. The van der Waals surface area contributed by atoms with E-state index >= 15 is 0 Å². The van der Waals surface area contributed by atoms with E-state index in [-0.39, 0.29) is 0 Å². The van der Waals surface area contributed by atoms with E-state index in [4.69, 9.17) is 14.8 Å². The predicted octanol–water partition coefficient (Wildman–Crippen LogP) is 1.28. The van der Waals surface area contributed by atoms with Gasteiger partial charge in [0, 0.05) is 19.7 Å². The van der Waals surface area contributed by atoms with Crippen molar-refractivity contribution < 1.29 is 9.57 Å². The van der Waals surface area contributed by atoms with E-state index < -0.39 is 0 Å². The van der Waals surface area contributed by atoms with E-state index in [1.165, 1.54) is 7.11 Å². The van der Waals surface area contributed by atoms with E-state index in [0.717, 1.165) is 11.1 Å². The zero-order chi connectivity index (χ0) is 14.1. The summed E-state index contributed by atoms with van der Waals surface area (Å²) < 4.78 is 5.15. The number of nitriles is 1. The van der Waals surface area contributed by atoms with Gasteiger partial charge in [0.15, 0.2) is 17.7 Å². The van der Waals surface area contributed by atoms with Gasteiger partial charge in [0.05, 0.1) is 6.61 Å². The van der Waals surface area contributed by atoms with Crippen LogP contribution in [0.5, 0.6) is 0 Å². The number of hydrogen-bond acceptors (Lipinski definition) is 5. The van der Waals surface area contributed by atoms with Crippen LogP contribution >= 0.6 is 0 Å². The Balaban J connectivity index is 3.28. The van der Waals surface area contributed by atoms with Crippen molar-refractivity contribution >= 4 is 11.5 Å². The van der Waals surface area contributed by atoms with Gasteiger partial charge in [-0.3, -0.25) is 10.3 Å². The van der Waals surface area contributed by atoms with E-state index in [9.17, 15) is 0 Å². The molecule has 1 N–H and O–H groups in total. The summed E-state index contributed by atoms with van der Waals surface area (Å²) >= 11 is 0. The Morgan fingerprint density at radius 2 is 2.11 bits per heavy atom. The summed E-state index contributed by atoms with van der Waals surface area (Å²) in [6.07, 6.45) is 1.83. The molecule has 1 aromatic carbocycles. The number of aliphatic imine (C=N–C) groups is 1. The van der Waals surface area contributed by atoms with Crippen molar-refractivity contribution in [2.75, 3.05) is 21.3 Å². The highest BCUT2D eigenvalue weighted by atomic mass is 16.6. The molecule has 0 heterocycles. The number of benzene rings is 1. The number of ether oxygens (including phenoxy) is 1. The van der Waals surface area contributed by atoms with Crippen molar-refractivity contribution in [2.45, 2.75) is 6.61 Å². The molecule has 0 aliphatic rings. The molecule has 1 rings (SSSR count). The molecule has 0 radical (unpaired) electrons. The normalized spacial score (nSPS) is 11.9. The van der Waals surface area contributed by atoms with Crippen LogP contribution in [-0.2, 0) is 16.2 Å². The minimum Gasteiger partial charge on any atom is -0.399 e. The number of amidine groups is 1. The number of hydrogen-bond donors (Lipinski definition) is 1. The van der Waals surface area contributed by atoms with Crippen LogP contribution in [0.3, 0.4) is 0 Å². The maximum Gasteiger partial charge on any atom is 0.182 e. The summed E-state index contributed by atoms with van der Waals surface area (Å²) in [5.41, 5.74) is 2.19. The lowest BCUT2D eigenvalue weighted by molar-refractivity contribution is 0.184. The second-order valence-electron chi connectivity index (χ2n) is 3.52. The van der Waals surface area contributed by atoms with Crippen molar-refractivity contribution in [3.8, 4) is 6.19 Å². The monoisotopic (exact) mass is 260 g/mol. The molecule has 0 bridgehead atoms. The Bertz CT molecular complexity index is 518. The average molecular weight is 260 g/mol.